The molecule has 0 saturated carbocycles. The Morgan fingerprint density at radius 2 is 2.00 bits per heavy atom. The Morgan fingerprint density at radius 3 is 2.67 bits per heavy atom. The van der Waals surface area contributed by atoms with Gasteiger partial charge in [0.15, 0.2) is 0 Å². The lowest BCUT2D eigenvalue weighted by Crippen LogP contribution is -2.20. The lowest BCUT2D eigenvalue weighted by atomic mass is 10.1. The van der Waals surface area contributed by atoms with Gasteiger partial charge >= 0.3 is 0 Å². The first-order chi connectivity index (χ1) is 10.0. The Hall–Kier alpha value is -2.89. The fourth-order valence-corrected chi connectivity index (χ4v) is 1.85. The molecule has 0 atom stereocenters. The van der Waals surface area contributed by atoms with Crippen LogP contribution >= 0.6 is 0 Å². The molecular weight excluding hydrogens is 270 g/mol. The van der Waals surface area contributed by atoms with E-state index in [2.05, 4.69) is 10.5 Å². The summed E-state index contributed by atoms with van der Waals surface area (Å²) in [5, 5.41) is 14.7. The van der Waals surface area contributed by atoms with E-state index in [1.807, 2.05) is 0 Å². The zero-order valence-electron chi connectivity index (χ0n) is 11.7. The molecule has 0 unspecified atom stereocenters. The van der Waals surface area contributed by atoms with Crippen molar-refractivity contribution in [1.29, 1.82) is 0 Å². The van der Waals surface area contributed by atoms with Crippen molar-refractivity contribution in [3.05, 3.63) is 64.1 Å². The van der Waals surface area contributed by atoms with Crippen molar-refractivity contribution in [2.75, 3.05) is 5.32 Å². The first kappa shape index (κ1) is 14.5. The normalized spacial score (nSPS) is 11.2. The lowest BCUT2D eigenvalue weighted by molar-refractivity contribution is 0.102. The maximum Gasteiger partial charge on any atom is 0.255 e. The minimum absolute atomic E-state index is 0.260. The molecule has 1 aromatic heterocycles. The van der Waals surface area contributed by atoms with E-state index in [1.165, 1.54) is 16.8 Å². The molecule has 1 amide bonds. The number of rotatable bonds is 3. The molecule has 0 bridgehead atoms. The van der Waals surface area contributed by atoms with Gasteiger partial charge in [-0.2, -0.15) is 0 Å². The Kier molecular flexibility index (Phi) is 4.18. The molecule has 1 heterocycles. The number of nitrogens with zero attached hydrogens (tertiary/aromatic N) is 2. The van der Waals surface area contributed by atoms with Gasteiger partial charge < -0.3 is 15.1 Å². The molecule has 6 nitrogen and oxygen atoms in total. The van der Waals surface area contributed by atoms with Gasteiger partial charge in [-0.3, -0.25) is 9.59 Å². The van der Waals surface area contributed by atoms with Crippen molar-refractivity contribution in [3.8, 4) is 0 Å². The Balaban J connectivity index is 2.32. The second-order valence-corrected chi connectivity index (χ2v) is 4.55. The average molecular weight is 285 g/mol. The standard InChI is InChI=1S/C15H15N3O3/c1-10(17-21)12-5-3-4-6-13(12)16-15(20)11-7-8-18(2)14(19)9-11/h3-9,21H,1-2H3,(H,16,20)/b17-10-. The third kappa shape index (κ3) is 3.17. The van der Waals surface area contributed by atoms with Crippen molar-refractivity contribution in [1.82, 2.24) is 4.57 Å². The summed E-state index contributed by atoms with van der Waals surface area (Å²) in [4.78, 5) is 23.7. The van der Waals surface area contributed by atoms with Gasteiger partial charge in [-0.25, -0.2) is 0 Å². The van der Waals surface area contributed by atoms with E-state index < -0.39 is 5.91 Å². The Labute approximate surface area is 121 Å². The second-order valence-electron chi connectivity index (χ2n) is 4.55. The van der Waals surface area contributed by atoms with Crippen molar-refractivity contribution in [2.24, 2.45) is 12.2 Å². The molecule has 0 aliphatic carbocycles. The number of pyridine rings is 1. The molecule has 2 rings (SSSR count). The smallest absolute Gasteiger partial charge is 0.255 e. The van der Waals surface area contributed by atoms with Crippen LogP contribution in [0.4, 0.5) is 5.69 Å². The summed E-state index contributed by atoms with van der Waals surface area (Å²) < 4.78 is 1.38. The largest absolute Gasteiger partial charge is 0.411 e. The number of carbonyl (C=O) groups is 1. The third-order valence-electron chi connectivity index (χ3n) is 3.08. The summed E-state index contributed by atoms with van der Waals surface area (Å²) in [6.45, 7) is 1.63. The summed E-state index contributed by atoms with van der Waals surface area (Å²) in [5.74, 6) is -0.397. The molecule has 0 fully saturated rings. The number of carbonyl (C=O) groups excluding carboxylic acids is 1. The van der Waals surface area contributed by atoms with Crippen LogP contribution in [-0.4, -0.2) is 21.4 Å². The quantitative estimate of drug-likeness (QED) is 0.512. The van der Waals surface area contributed by atoms with Gasteiger partial charge in [-0.1, -0.05) is 23.4 Å². The number of benzene rings is 1. The van der Waals surface area contributed by atoms with Crippen LogP contribution in [0.25, 0.3) is 0 Å². The summed E-state index contributed by atoms with van der Waals surface area (Å²) in [7, 11) is 1.61. The van der Waals surface area contributed by atoms with Crippen LogP contribution in [0.2, 0.25) is 0 Å². The molecule has 1 aromatic carbocycles. The monoisotopic (exact) mass is 285 g/mol. The summed E-state index contributed by atoms with van der Waals surface area (Å²) in [5.41, 5.74) is 1.51. The van der Waals surface area contributed by atoms with E-state index in [-0.39, 0.29) is 11.1 Å². The maximum absolute atomic E-state index is 12.2. The molecule has 108 valence electrons. The summed E-state index contributed by atoms with van der Waals surface area (Å²) >= 11 is 0. The molecule has 0 aliphatic heterocycles. The highest BCUT2D eigenvalue weighted by molar-refractivity contribution is 6.10. The van der Waals surface area contributed by atoms with Crippen molar-refractivity contribution in [2.45, 2.75) is 6.92 Å². The van der Waals surface area contributed by atoms with Gasteiger partial charge in [0.25, 0.3) is 11.5 Å². The van der Waals surface area contributed by atoms with E-state index in [0.29, 0.717) is 17.0 Å². The predicted octanol–water partition coefficient (Wildman–Crippen LogP) is 1.84. The van der Waals surface area contributed by atoms with Gasteiger partial charge in [0, 0.05) is 30.4 Å². The van der Waals surface area contributed by atoms with E-state index in [0.717, 1.165) is 0 Å². The maximum atomic E-state index is 12.2. The van der Waals surface area contributed by atoms with Crippen LogP contribution in [0.3, 0.4) is 0 Å². The zero-order chi connectivity index (χ0) is 15.4. The average Bonchev–Trinajstić information content (AvgIpc) is 2.49. The third-order valence-corrected chi connectivity index (χ3v) is 3.08. The molecule has 21 heavy (non-hydrogen) atoms. The van der Waals surface area contributed by atoms with Gasteiger partial charge in [-0.15, -0.1) is 0 Å². The second kappa shape index (κ2) is 6.04. The number of para-hydroxylation sites is 1. The highest BCUT2D eigenvalue weighted by atomic mass is 16.4. The molecule has 6 heteroatoms. The number of anilines is 1. The molecule has 2 N–H and O–H groups in total. The number of aryl methyl sites for hydroxylation is 1. The highest BCUT2D eigenvalue weighted by Gasteiger charge is 2.11. The molecule has 0 aliphatic rings. The SMILES string of the molecule is C/C(=N/O)c1ccccc1NC(=O)c1ccn(C)c(=O)c1. The fourth-order valence-electron chi connectivity index (χ4n) is 1.85. The van der Waals surface area contributed by atoms with Crippen molar-refractivity contribution in [3.63, 3.8) is 0 Å². The number of aromatic nitrogens is 1. The molecule has 0 radical (unpaired) electrons. The molecule has 0 saturated heterocycles. The minimum Gasteiger partial charge on any atom is -0.411 e. The van der Waals surface area contributed by atoms with Crippen LogP contribution in [0.1, 0.15) is 22.8 Å². The number of oxime groups is 1. The minimum atomic E-state index is -0.397. The number of hydrogen-bond donors (Lipinski definition) is 2. The van der Waals surface area contributed by atoms with Gasteiger partial charge in [0.2, 0.25) is 0 Å². The van der Waals surface area contributed by atoms with Crippen molar-refractivity contribution < 1.29 is 10.0 Å². The van der Waals surface area contributed by atoms with Crippen LogP contribution in [0, 0.1) is 0 Å². The Bertz CT molecular complexity index is 763. The van der Waals surface area contributed by atoms with Gasteiger partial charge in [0.05, 0.1) is 11.4 Å². The number of amides is 1. The molecule has 2 aromatic rings. The summed E-state index contributed by atoms with van der Waals surface area (Å²) in [6.07, 6.45) is 1.53. The predicted molar refractivity (Wildman–Crippen MR) is 80.1 cm³/mol. The van der Waals surface area contributed by atoms with E-state index in [4.69, 9.17) is 5.21 Å². The Morgan fingerprint density at radius 1 is 1.29 bits per heavy atom. The van der Waals surface area contributed by atoms with E-state index in [9.17, 15) is 9.59 Å². The first-order valence-corrected chi connectivity index (χ1v) is 6.29. The molecular formula is C15H15N3O3. The lowest BCUT2D eigenvalue weighted by Gasteiger charge is -2.10. The highest BCUT2D eigenvalue weighted by Crippen LogP contribution is 2.17. The molecule has 0 spiro atoms. The zero-order valence-corrected chi connectivity index (χ0v) is 11.7. The van der Waals surface area contributed by atoms with Crippen LogP contribution in [-0.2, 0) is 7.05 Å². The van der Waals surface area contributed by atoms with Gasteiger partial charge in [0.1, 0.15) is 0 Å². The van der Waals surface area contributed by atoms with E-state index in [1.54, 1.807) is 44.3 Å². The first-order valence-electron chi connectivity index (χ1n) is 6.29. The topological polar surface area (TPSA) is 83.7 Å². The van der Waals surface area contributed by atoms with Gasteiger partial charge in [-0.05, 0) is 19.1 Å². The van der Waals surface area contributed by atoms with Crippen LogP contribution < -0.4 is 10.9 Å². The summed E-state index contributed by atoms with van der Waals surface area (Å²) in [6, 6.07) is 9.79. The van der Waals surface area contributed by atoms with Crippen LogP contribution in [0.15, 0.2) is 52.5 Å². The number of hydrogen-bond acceptors (Lipinski definition) is 4. The number of nitrogens with one attached hydrogen (secondary N) is 1. The van der Waals surface area contributed by atoms with E-state index >= 15 is 0 Å². The fraction of sp³-hybridized carbons (Fsp3) is 0.133. The van der Waals surface area contributed by atoms with Crippen molar-refractivity contribution >= 4 is 17.3 Å². The van der Waals surface area contributed by atoms with Crippen LogP contribution in [0.5, 0.6) is 0 Å².